The summed E-state index contributed by atoms with van der Waals surface area (Å²) < 4.78 is 4.43. The molecule has 0 saturated carbocycles. The fourth-order valence-corrected chi connectivity index (χ4v) is 0.569. The van der Waals surface area contributed by atoms with E-state index in [1.807, 2.05) is 5.32 Å². The lowest BCUT2D eigenvalue weighted by Gasteiger charge is -2.05. The molecule has 1 heterocycles. The molecule has 0 aliphatic carbocycles. The van der Waals surface area contributed by atoms with E-state index in [0.717, 1.165) is 0 Å². The Balaban J connectivity index is 2.40. The molecule has 5 nitrogen and oxygen atoms in total. The van der Waals surface area contributed by atoms with Crippen molar-refractivity contribution < 1.29 is 19.4 Å². The predicted octanol–water partition coefficient (Wildman–Crippen LogP) is -0.307. The van der Waals surface area contributed by atoms with Crippen LogP contribution in [0.1, 0.15) is 0 Å². The maximum absolute atomic E-state index is 10.3. The van der Waals surface area contributed by atoms with Crippen molar-refractivity contribution >= 4 is 12.1 Å². The van der Waals surface area contributed by atoms with Gasteiger partial charge in [0.25, 0.3) is 0 Å². The molecule has 0 aromatic heterocycles. The Labute approximate surface area is 56.3 Å². The second-order valence-corrected chi connectivity index (χ2v) is 1.67. The van der Waals surface area contributed by atoms with E-state index < -0.39 is 18.3 Å². The van der Waals surface area contributed by atoms with E-state index in [1.165, 1.54) is 12.2 Å². The van der Waals surface area contributed by atoms with Gasteiger partial charge in [-0.1, -0.05) is 0 Å². The molecule has 2 N–H and O–H groups in total. The van der Waals surface area contributed by atoms with Gasteiger partial charge in [-0.2, -0.15) is 0 Å². The van der Waals surface area contributed by atoms with Gasteiger partial charge < -0.3 is 9.84 Å². The van der Waals surface area contributed by atoms with Gasteiger partial charge in [-0.25, -0.2) is 9.59 Å². The Kier molecular flexibility index (Phi) is 1.57. The Bertz CT molecular complexity index is 198. The normalized spacial score (nSPS) is 22.4. The zero-order chi connectivity index (χ0) is 7.56. The second kappa shape index (κ2) is 2.38. The first-order valence-corrected chi connectivity index (χ1v) is 2.57. The van der Waals surface area contributed by atoms with E-state index >= 15 is 0 Å². The molecular weight excluding hydrogens is 138 g/mol. The Morgan fingerprint density at radius 3 is 2.90 bits per heavy atom. The molecule has 0 spiro atoms. The molecule has 10 heavy (non-hydrogen) atoms. The van der Waals surface area contributed by atoms with Gasteiger partial charge in [0.2, 0.25) is 0 Å². The van der Waals surface area contributed by atoms with Gasteiger partial charge in [-0.05, 0) is 6.08 Å². The molecule has 1 aliphatic rings. The number of nitrogens with one attached hydrogen (secondary N) is 1. The summed E-state index contributed by atoms with van der Waals surface area (Å²) in [4.78, 5) is 20.2. The summed E-state index contributed by atoms with van der Waals surface area (Å²) in [7, 11) is 0. The molecule has 0 radical (unpaired) electrons. The van der Waals surface area contributed by atoms with Crippen LogP contribution in [0.3, 0.4) is 0 Å². The zero-order valence-electron chi connectivity index (χ0n) is 4.90. The molecule has 1 aliphatic heterocycles. The Morgan fingerprint density at radius 2 is 2.50 bits per heavy atom. The maximum Gasteiger partial charge on any atom is 0.407 e. The van der Waals surface area contributed by atoms with Crippen LogP contribution in [0, 0.1) is 0 Å². The van der Waals surface area contributed by atoms with Crippen LogP contribution in [0.15, 0.2) is 12.2 Å². The lowest BCUT2D eigenvalue weighted by molar-refractivity contribution is -0.139. The minimum atomic E-state index is -1.22. The molecule has 1 atom stereocenters. The van der Waals surface area contributed by atoms with Crippen molar-refractivity contribution in [2.24, 2.45) is 0 Å². The number of rotatable bonds is 1. The van der Waals surface area contributed by atoms with E-state index in [1.54, 1.807) is 0 Å². The third-order valence-corrected chi connectivity index (χ3v) is 0.916. The molecule has 54 valence electrons. The summed E-state index contributed by atoms with van der Waals surface area (Å²) in [6.45, 7) is 0. The fourth-order valence-electron chi connectivity index (χ4n) is 0.569. The van der Waals surface area contributed by atoms with E-state index in [0.29, 0.717) is 0 Å². The molecular formula is C5H5NO4. The summed E-state index contributed by atoms with van der Waals surface area (Å²) in [6, 6.07) is 0. The summed E-state index contributed by atoms with van der Waals surface area (Å²) in [6.07, 6.45) is 0.464. The highest BCUT2D eigenvalue weighted by atomic mass is 16.6. The highest BCUT2D eigenvalue weighted by Gasteiger charge is 2.17. The number of hydrogen-bond donors (Lipinski definition) is 2. The number of esters is 1. The largest absolute Gasteiger partial charge is 0.465 e. The number of carboxylic acid groups (broad SMARTS) is 1. The Morgan fingerprint density at radius 1 is 1.80 bits per heavy atom. The van der Waals surface area contributed by atoms with Gasteiger partial charge in [0.1, 0.15) is 0 Å². The number of amides is 1. The quantitative estimate of drug-likeness (QED) is 0.494. The molecule has 0 aromatic rings. The first-order chi connectivity index (χ1) is 4.68. The number of cyclic esters (lactones) is 1. The second-order valence-electron chi connectivity index (χ2n) is 1.67. The molecule has 5 heteroatoms. The lowest BCUT2D eigenvalue weighted by Crippen LogP contribution is -2.32. The zero-order valence-corrected chi connectivity index (χ0v) is 4.90. The minimum Gasteiger partial charge on any atom is -0.465 e. The Hall–Kier alpha value is -1.52. The highest BCUT2D eigenvalue weighted by Crippen LogP contribution is 2.00. The standard InChI is InChI=1S/C5H5NO4/c7-4-2-1-3(10-4)6-5(8)9/h1-3,6H,(H,8,9). The van der Waals surface area contributed by atoms with Gasteiger partial charge in [0, 0.05) is 6.08 Å². The van der Waals surface area contributed by atoms with E-state index in [4.69, 9.17) is 5.11 Å². The van der Waals surface area contributed by atoms with E-state index in [-0.39, 0.29) is 0 Å². The third-order valence-electron chi connectivity index (χ3n) is 0.916. The van der Waals surface area contributed by atoms with Crippen LogP contribution in [-0.4, -0.2) is 23.4 Å². The van der Waals surface area contributed by atoms with Crippen molar-refractivity contribution in [3.63, 3.8) is 0 Å². The van der Waals surface area contributed by atoms with Crippen molar-refractivity contribution in [2.45, 2.75) is 6.23 Å². The van der Waals surface area contributed by atoms with Gasteiger partial charge in [0.15, 0.2) is 6.23 Å². The number of hydrogen-bond acceptors (Lipinski definition) is 3. The molecule has 1 unspecified atom stereocenters. The van der Waals surface area contributed by atoms with E-state index in [2.05, 4.69) is 4.74 Å². The number of carbonyl (C=O) groups is 2. The van der Waals surface area contributed by atoms with Crippen LogP contribution in [0.5, 0.6) is 0 Å². The summed E-state index contributed by atoms with van der Waals surface area (Å²) in [5, 5.41) is 10.1. The molecule has 0 saturated heterocycles. The smallest absolute Gasteiger partial charge is 0.407 e. The highest BCUT2D eigenvalue weighted by molar-refractivity contribution is 5.84. The molecule has 1 amide bonds. The van der Waals surface area contributed by atoms with E-state index in [9.17, 15) is 9.59 Å². The summed E-state index contributed by atoms with van der Waals surface area (Å²) in [5.41, 5.74) is 0. The van der Waals surface area contributed by atoms with Crippen molar-refractivity contribution in [3.05, 3.63) is 12.2 Å². The van der Waals surface area contributed by atoms with Crippen LogP contribution in [0.2, 0.25) is 0 Å². The first kappa shape index (κ1) is 6.60. The van der Waals surface area contributed by atoms with Gasteiger partial charge in [-0.3, -0.25) is 5.32 Å². The van der Waals surface area contributed by atoms with Gasteiger partial charge >= 0.3 is 12.1 Å². The van der Waals surface area contributed by atoms with Crippen molar-refractivity contribution in [1.82, 2.24) is 5.32 Å². The van der Waals surface area contributed by atoms with Gasteiger partial charge in [0.05, 0.1) is 0 Å². The maximum atomic E-state index is 10.3. The van der Waals surface area contributed by atoms with Crippen LogP contribution in [0.4, 0.5) is 4.79 Å². The van der Waals surface area contributed by atoms with Crippen LogP contribution in [0.25, 0.3) is 0 Å². The SMILES string of the molecule is O=C(O)NC1C=CC(=O)O1. The van der Waals surface area contributed by atoms with Crippen molar-refractivity contribution in [3.8, 4) is 0 Å². The molecule has 0 bridgehead atoms. The average molecular weight is 143 g/mol. The minimum absolute atomic E-state index is 0.529. The summed E-state index contributed by atoms with van der Waals surface area (Å²) >= 11 is 0. The molecule has 0 aromatic carbocycles. The van der Waals surface area contributed by atoms with Crippen LogP contribution in [-0.2, 0) is 9.53 Å². The number of ether oxygens (including phenoxy) is 1. The summed E-state index contributed by atoms with van der Waals surface area (Å²) in [5.74, 6) is -0.529. The average Bonchev–Trinajstić information content (AvgIpc) is 2.13. The molecule has 0 fully saturated rings. The number of carbonyl (C=O) groups excluding carboxylic acids is 1. The molecule has 1 rings (SSSR count). The monoisotopic (exact) mass is 143 g/mol. The predicted molar refractivity (Wildman–Crippen MR) is 30.2 cm³/mol. The lowest BCUT2D eigenvalue weighted by atomic mass is 10.5. The van der Waals surface area contributed by atoms with Crippen molar-refractivity contribution in [2.75, 3.05) is 0 Å². The topological polar surface area (TPSA) is 75.6 Å². The fraction of sp³-hybridized carbons (Fsp3) is 0.200. The van der Waals surface area contributed by atoms with Crippen molar-refractivity contribution in [1.29, 1.82) is 0 Å². The van der Waals surface area contributed by atoms with Gasteiger partial charge in [-0.15, -0.1) is 0 Å². The van der Waals surface area contributed by atoms with Crippen LogP contribution < -0.4 is 5.32 Å². The van der Waals surface area contributed by atoms with Crippen LogP contribution >= 0.6 is 0 Å². The third kappa shape index (κ3) is 1.48. The first-order valence-electron chi connectivity index (χ1n) is 2.57.